The van der Waals surface area contributed by atoms with E-state index in [1.807, 2.05) is 19.9 Å². The van der Waals surface area contributed by atoms with Gasteiger partial charge in [-0.1, -0.05) is 11.6 Å². The molecule has 0 radical (unpaired) electrons. The summed E-state index contributed by atoms with van der Waals surface area (Å²) in [5.41, 5.74) is 2.77. The monoisotopic (exact) mass is 200 g/mol. The molecule has 0 amide bonds. The fourth-order valence-electron chi connectivity index (χ4n) is 1.35. The van der Waals surface area contributed by atoms with Crippen LogP contribution in [0.15, 0.2) is 6.07 Å². The molecule has 0 aromatic heterocycles. The summed E-state index contributed by atoms with van der Waals surface area (Å²) in [5.74, 6) is 0.661. The molecule has 0 saturated heterocycles. The molecule has 0 unspecified atom stereocenters. The second kappa shape index (κ2) is 3.99. The first-order valence-corrected chi connectivity index (χ1v) is 4.43. The Balaban J connectivity index is 3.37. The number of benzene rings is 1. The molecule has 0 fully saturated rings. The van der Waals surface area contributed by atoms with Gasteiger partial charge in [-0.15, -0.1) is 0 Å². The molecule has 1 N–H and O–H groups in total. The van der Waals surface area contributed by atoms with Crippen molar-refractivity contribution < 1.29 is 9.84 Å². The van der Waals surface area contributed by atoms with Gasteiger partial charge >= 0.3 is 0 Å². The minimum absolute atomic E-state index is 0.0153. The van der Waals surface area contributed by atoms with Gasteiger partial charge in [0, 0.05) is 0 Å². The summed E-state index contributed by atoms with van der Waals surface area (Å²) in [7, 11) is 1.58. The Morgan fingerprint density at radius 1 is 1.46 bits per heavy atom. The van der Waals surface area contributed by atoms with Crippen molar-refractivity contribution in [3.8, 4) is 5.75 Å². The first-order chi connectivity index (χ1) is 6.11. The van der Waals surface area contributed by atoms with Crippen LogP contribution in [0.2, 0.25) is 5.02 Å². The predicted molar refractivity (Wildman–Crippen MR) is 53.4 cm³/mol. The van der Waals surface area contributed by atoms with Crippen molar-refractivity contribution in [3.05, 3.63) is 27.8 Å². The van der Waals surface area contributed by atoms with Crippen LogP contribution in [-0.2, 0) is 6.61 Å². The second-order valence-electron chi connectivity index (χ2n) is 2.97. The zero-order valence-electron chi connectivity index (χ0n) is 8.02. The summed E-state index contributed by atoms with van der Waals surface area (Å²) in [4.78, 5) is 0. The van der Waals surface area contributed by atoms with E-state index in [0.717, 1.165) is 16.7 Å². The molecule has 0 bridgehead atoms. The molecule has 1 aromatic carbocycles. The van der Waals surface area contributed by atoms with Crippen LogP contribution in [0, 0.1) is 13.8 Å². The fourth-order valence-corrected chi connectivity index (χ4v) is 1.60. The summed E-state index contributed by atoms with van der Waals surface area (Å²) < 4.78 is 5.09. The van der Waals surface area contributed by atoms with Crippen molar-refractivity contribution in [2.75, 3.05) is 7.11 Å². The van der Waals surface area contributed by atoms with Crippen LogP contribution in [0.1, 0.15) is 16.7 Å². The molecule has 1 rings (SSSR count). The van der Waals surface area contributed by atoms with Gasteiger partial charge in [0.1, 0.15) is 5.75 Å². The van der Waals surface area contributed by atoms with Gasteiger partial charge in [-0.3, -0.25) is 0 Å². The lowest BCUT2D eigenvalue weighted by molar-refractivity contribution is 0.280. The maximum Gasteiger partial charge on any atom is 0.138 e. The van der Waals surface area contributed by atoms with Crippen LogP contribution in [0.3, 0.4) is 0 Å². The second-order valence-corrected chi connectivity index (χ2v) is 3.35. The summed E-state index contributed by atoms with van der Waals surface area (Å²) in [5, 5.41) is 9.67. The minimum Gasteiger partial charge on any atom is -0.495 e. The minimum atomic E-state index is 0.0153. The predicted octanol–water partition coefficient (Wildman–Crippen LogP) is 2.46. The Kier molecular flexibility index (Phi) is 3.17. The van der Waals surface area contributed by atoms with E-state index in [1.54, 1.807) is 7.11 Å². The molecule has 0 aliphatic rings. The van der Waals surface area contributed by atoms with E-state index >= 15 is 0 Å². The Morgan fingerprint density at radius 3 is 2.54 bits per heavy atom. The molecule has 0 aliphatic heterocycles. The largest absolute Gasteiger partial charge is 0.495 e. The Labute approximate surface area is 83.1 Å². The highest BCUT2D eigenvalue weighted by Crippen LogP contribution is 2.32. The van der Waals surface area contributed by atoms with Crippen molar-refractivity contribution in [3.63, 3.8) is 0 Å². The zero-order chi connectivity index (χ0) is 10.0. The summed E-state index contributed by atoms with van der Waals surface area (Å²) >= 11 is 6.01. The fraction of sp³-hybridized carbons (Fsp3) is 0.400. The molecule has 13 heavy (non-hydrogen) atoms. The van der Waals surface area contributed by atoms with Gasteiger partial charge in [-0.2, -0.15) is 0 Å². The Bertz CT molecular complexity index is 321. The number of methoxy groups -OCH3 is 1. The van der Waals surface area contributed by atoms with E-state index < -0.39 is 0 Å². The quantitative estimate of drug-likeness (QED) is 0.795. The van der Waals surface area contributed by atoms with Crippen LogP contribution >= 0.6 is 11.6 Å². The van der Waals surface area contributed by atoms with E-state index in [1.165, 1.54) is 0 Å². The molecule has 2 nitrogen and oxygen atoms in total. The third kappa shape index (κ3) is 1.79. The summed E-state index contributed by atoms with van der Waals surface area (Å²) in [6, 6.07) is 1.83. The molecule has 72 valence electrons. The average Bonchev–Trinajstić information content (AvgIpc) is 2.12. The van der Waals surface area contributed by atoms with E-state index in [0.29, 0.717) is 10.8 Å². The molecular weight excluding hydrogens is 188 g/mol. The van der Waals surface area contributed by atoms with Crippen molar-refractivity contribution in [1.82, 2.24) is 0 Å². The first kappa shape index (κ1) is 10.4. The molecule has 0 saturated carbocycles. The summed E-state index contributed by atoms with van der Waals surface area (Å²) in [6.45, 7) is 3.82. The smallest absolute Gasteiger partial charge is 0.138 e. The van der Waals surface area contributed by atoms with Crippen LogP contribution in [0.5, 0.6) is 5.75 Å². The highest BCUT2D eigenvalue weighted by atomic mass is 35.5. The van der Waals surface area contributed by atoms with Gasteiger partial charge in [-0.05, 0) is 36.6 Å². The van der Waals surface area contributed by atoms with Crippen molar-refractivity contribution >= 4 is 11.6 Å². The molecule has 3 heteroatoms. The normalized spacial score (nSPS) is 10.2. The lowest BCUT2D eigenvalue weighted by Gasteiger charge is -2.12. The third-order valence-electron chi connectivity index (χ3n) is 2.20. The number of halogens is 1. The number of rotatable bonds is 2. The lowest BCUT2D eigenvalue weighted by Crippen LogP contribution is -1.96. The van der Waals surface area contributed by atoms with Crippen molar-refractivity contribution in [2.24, 2.45) is 0 Å². The zero-order valence-corrected chi connectivity index (χ0v) is 8.77. The van der Waals surface area contributed by atoms with Gasteiger partial charge in [0.05, 0.1) is 18.7 Å². The molecule has 0 atom stereocenters. The molecule has 1 aromatic rings. The van der Waals surface area contributed by atoms with Crippen LogP contribution < -0.4 is 4.74 Å². The number of aliphatic hydroxyl groups is 1. The SMILES string of the molecule is COc1cc(C)c(CO)c(C)c1Cl. The van der Waals surface area contributed by atoms with Crippen LogP contribution in [-0.4, -0.2) is 12.2 Å². The third-order valence-corrected chi connectivity index (χ3v) is 2.67. The number of ether oxygens (including phenoxy) is 1. The lowest BCUT2D eigenvalue weighted by atomic mass is 10.0. The van der Waals surface area contributed by atoms with Crippen LogP contribution in [0.4, 0.5) is 0 Å². The summed E-state index contributed by atoms with van der Waals surface area (Å²) in [6.07, 6.45) is 0. The number of hydrogen-bond acceptors (Lipinski definition) is 2. The number of aliphatic hydroxyl groups excluding tert-OH is 1. The molecule has 0 aliphatic carbocycles. The molecule has 0 spiro atoms. The maximum atomic E-state index is 9.09. The van der Waals surface area contributed by atoms with Gasteiger partial charge in [0.2, 0.25) is 0 Å². The van der Waals surface area contributed by atoms with Crippen molar-refractivity contribution in [2.45, 2.75) is 20.5 Å². The molecule has 0 heterocycles. The van der Waals surface area contributed by atoms with Gasteiger partial charge in [-0.25, -0.2) is 0 Å². The van der Waals surface area contributed by atoms with Crippen LogP contribution in [0.25, 0.3) is 0 Å². The Hall–Kier alpha value is -0.730. The number of hydrogen-bond donors (Lipinski definition) is 1. The Morgan fingerprint density at radius 2 is 2.08 bits per heavy atom. The van der Waals surface area contributed by atoms with Crippen molar-refractivity contribution in [1.29, 1.82) is 0 Å². The highest BCUT2D eigenvalue weighted by molar-refractivity contribution is 6.32. The molecular formula is C10H13ClO2. The van der Waals surface area contributed by atoms with E-state index in [-0.39, 0.29) is 6.61 Å². The van der Waals surface area contributed by atoms with E-state index in [4.69, 9.17) is 21.4 Å². The van der Waals surface area contributed by atoms with E-state index in [2.05, 4.69) is 0 Å². The average molecular weight is 201 g/mol. The number of aryl methyl sites for hydroxylation is 1. The van der Waals surface area contributed by atoms with Gasteiger partial charge < -0.3 is 9.84 Å². The first-order valence-electron chi connectivity index (χ1n) is 4.05. The van der Waals surface area contributed by atoms with E-state index in [9.17, 15) is 0 Å². The standard InChI is InChI=1S/C10H13ClO2/c1-6-4-9(13-3)10(11)7(2)8(6)5-12/h4,12H,5H2,1-3H3. The maximum absolute atomic E-state index is 9.09. The van der Waals surface area contributed by atoms with Gasteiger partial charge in [0.15, 0.2) is 0 Å². The topological polar surface area (TPSA) is 29.5 Å². The van der Waals surface area contributed by atoms with Gasteiger partial charge in [0.25, 0.3) is 0 Å². The highest BCUT2D eigenvalue weighted by Gasteiger charge is 2.10.